The number of nitrogens with zero attached hydrogens (tertiary/aromatic N) is 3. The first kappa shape index (κ1) is 18.1. The van der Waals surface area contributed by atoms with Crippen molar-refractivity contribution >= 4 is 17.7 Å². The van der Waals surface area contributed by atoms with Gasteiger partial charge in [0.05, 0.1) is 5.75 Å². The van der Waals surface area contributed by atoms with Crippen LogP contribution in [-0.2, 0) is 17.9 Å². The van der Waals surface area contributed by atoms with E-state index in [1.165, 1.54) is 5.56 Å². The van der Waals surface area contributed by atoms with E-state index in [-0.39, 0.29) is 12.4 Å². The van der Waals surface area contributed by atoms with Gasteiger partial charge < -0.3 is 9.84 Å². The summed E-state index contributed by atoms with van der Waals surface area (Å²) in [7, 11) is 0. The highest BCUT2D eigenvalue weighted by Crippen LogP contribution is 2.27. The van der Waals surface area contributed by atoms with E-state index in [0.29, 0.717) is 17.5 Å². The number of carbonyl (C=O) groups is 1. The number of allylic oxidation sites excluding steroid dienone is 1. The number of aryl methyl sites for hydroxylation is 2. The van der Waals surface area contributed by atoms with E-state index >= 15 is 0 Å². The molecule has 0 bridgehead atoms. The molecule has 0 spiro atoms. The molecule has 2 rings (SSSR count). The van der Waals surface area contributed by atoms with Crippen molar-refractivity contribution in [2.24, 2.45) is 0 Å². The smallest absolute Gasteiger partial charge is 0.313 e. The number of ether oxygens (including phenoxy) is 1. The normalized spacial score (nSPS) is 10.6. The van der Waals surface area contributed by atoms with Crippen LogP contribution in [0.2, 0.25) is 0 Å². The maximum Gasteiger partial charge on any atom is 0.313 e. The molecule has 1 aromatic heterocycles. The number of aliphatic carboxylic acids is 1. The lowest BCUT2D eigenvalue weighted by molar-refractivity contribution is -0.133. The molecule has 6 nitrogen and oxygen atoms in total. The fourth-order valence-electron chi connectivity index (χ4n) is 2.26. The van der Waals surface area contributed by atoms with Crippen LogP contribution in [0.5, 0.6) is 5.75 Å². The van der Waals surface area contributed by atoms with Gasteiger partial charge in [-0.25, -0.2) is 0 Å². The van der Waals surface area contributed by atoms with Crippen LogP contribution in [0.4, 0.5) is 0 Å². The van der Waals surface area contributed by atoms with Gasteiger partial charge in [0.15, 0.2) is 11.0 Å². The van der Waals surface area contributed by atoms with Gasteiger partial charge in [0.1, 0.15) is 12.4 Å². The fourth-order valence-corrected chi connectivity index (χ4v) is 2.94. The van der Waals surface area contributed by atoms with Crippen molar-refractivity contribution in [2.75, 3.05) is 5.75 Å². The van der Waals surface area contributed by atoms with Crippen LogP contribution in [0.15, 0.2) is 29.9 Å². The molecule has 0 aliphatic carbocycles. The highest BCUT2D eigenvalue weighted by molar-refractivity contribution is 7.99. The van der Waals surface area contributed by atoms with Gasteiger partial charge in [-0.15, -0.1) is 16.8 Å². The van der Waals surface area contributed by atoms with E-state index in [1.54, 1.807) is 6.08 Å². The molecule has 0 fully saturated rings. The Morgan fingerprint density at radius 2 is 2.04 bits per heavy atom. The number of hydrogen-bond acceptors (Lipinski definition) is 5. The molecule has 7 heteroatoms. The minimum Gasteiger partial charge on any atom is -0.485 e. The lowest BCUT2D eigenvalue weighted by Crippen LogP contribution is -2.09. The minimum absolute atomic E-state index is 0.0633. The van der Waals surface area contributed by atoms with Crippen LogP contribution in [0.25, 0.3) is 0 Å². The third-order valence-corrected chi connectivity index (χ3v) is 4.60. The van der Waals surface area contributed by atoms with E-state index in [4.69, 9.17) is 9.84 Å². The quantitative estimate of drug-likeness (QED) is 0.584. The number of aromatic nitrogens is 3. The first-order valence-electron chi connectivity index (χ1n) is 7.51. The average Bonchev–Trinajstić information content (AvgIpc) is 2.92. The van der Waals surface area contributed by atoms with Crippen molar-refractivity contribution in [3.8, 4) is 5.75 Å². The molecule has 1 aromatic carbocycles. The third kappa shape index (κ3) is 4.17. The van der Waals surface area contributed by atoms with Gasteiger partial charge in [-0.2, -0.15) is 0 Å². The van der Waals surface area contributed by atoms with Gasteiger partial charge in [0, 0.05) is 6.54 Å². The maximum atomic E-state index is 10.7. The Kier molecular flexibility index (Phi) is 6.03. The molecule has 1 heterocycles. The highest BCUT2D eigenvalue weighted by Gasteiger charge is 2.15. The molecule has 0 atom stereocenters. The van der Waals surface area contributed by atoms with Crippen LogP contribution in [0, 0.1) is 20.8 Å². The number of hydrogen-bond donors (Lipinski definition) is 1. The summed E-state index contributed by atoms with van der Waals surface area (Å²) in [6.07, 6.45) is 1.72. The molecule has 24 heavy (non-hydrogen) atoms. The van der Waals surface area contributed by atoms with Crippen LogP contribution in [0.1, 0.15) is 22.5 Å². The average molecular weight is 347 g/mol. The summed E-state index contributed by atoms with van der Waals surface area (Å²) < 4.78 is 7.80. The van der Waals surface area contributed by atoms with Gasteiger partial charge in [0.25, 0.3) is 0 Å². The van der Waals surface area contributed by atoms with Crippen LogP contribution in [-0.4, -0.2) is 31.6 Å². The lowest BCUT2D eigenvalue weighted by Gasteiger charge is -2.14. The third-order valence-electron chi connectivity index (χ3n) is 3.65. The van der Waals surface area contributed by atoms with Gasteiger partial charge in [-0.1, -0.05) is 30.0 Å². The molecule has 0 saturated carbocycles. The largest absolute Gasteiger partial charge is 0.485 e. The number of benzene rings is 1. The summed E-state index contributed by atoms with van der Waals surface area (Å²) in [4.78, 5) is 10.7. The zero-order valence-corrected chi connectivity index (χ0v) is 14.9. The summed E-state index contributed by atoms with van der Waals surface area (Å²) in [5, 5.41) is 17.6. The second-order valence-electron chi connectivity index (χ2n) is 5.42. The van der Waals surface area contributed by atoms with Crippen molar-refractivity contribution in [2.45, 2.75) is 39.1 Å². The Bertz CT molecular complexity index is 756. The standard InChI is InChI=1S/C17H21N3O3S/c1-5-8-20-14(18-19-17(20)24-10-15(21)22)9-23-16-12(3)7-6-11(2)13(16)4/h5-7H,1,8-10H2,2-4H3,(H,21,22). The van der Waals surface area contributed by atoms with Gasteiger partial charge in [-0.05, 0) is 37.5 Å². The van der Waals surface area contributed by atoms with E-state index < -0.39 is 5.97 Å². The molecular weight excluding hydrogens is 326 g/mol. The number of carboxylic acids is 1. The molecule has 0 saturated heterocycles. The summed E-state index contributed by atoms with van der Waals surface area (Å²) in [6.45, 7) is 10.6. The summed E-state index contributed by atoms with van der Waals surface area (Å²) in [5.74, 6) is 0.537. The Balaban J connectivity index is 2.19. The molecule has 0 radical (unpaired) electrons. The molecule has 0 aliphatic rings. The monoisotopic (exact) mass is 347 g/mol. The molecular formula is C17H21N3O3S. The number of rotatable bonds is 8. The van der Waals surface area contributed by atoms with Crippen molar-refractivity contribution in [1.29, 1.82) is 0 Å². The minimum atomic E-state index is -0.892. The Morgan fingerprint density at radius 1 is 1.33 bits per heavy atom. The fraction of sp³-hybridized carbons (Fsp3) is 0.353. The van der Waals surface area contributed by atoms with Crippen molar-refractivity contribution in [3.63, 3.8) is 0 Å². The molecule has 0 unspecified atom stereocenters. The SMILES string of the molecule is C=CCn1c(COc2c(C)ccc(C)c2C)nnc1SCC(=O)O. The van der Waals surface area contributed by atoms with Gasteiger partial charge in [-0.3, -0.25) is 9.36 Å². The zero-order valence-electron chi connectivity index (χ0n) is 14.1. The van der Waals surface area contributed by atoms with Crippen molar-refractivity contribution < 1.29 is 14.6 Å². The van der Waals surface area contributed by atoms with Gasteiger partial charge in [0.2, 0.25) is 0 Å². The zero-order chi connectivity index (χ0) is 17.7. The van der Waals surface area contributed by atoms with E-state index in [1.807, 2.05) is 31.4 Å². The first-order chi connectivity index (χ1) is 11.4. The van der Waals surface area contributed by atoms with Gasteiger partial charge >= 0.3 is 5.97 Å². The van der Waals surface area contributed by atoms with Crippen LogP contribution >= 0.6 is 11.8 Å². The second kappa shape index (κ2) is 8.01. The van der Waals surface area contributed by atoms with E-state index in [0.717, 1.165) is 28.6 Å². The Hall–Kier alpha value is -2.28. The van der Waals surface area contributed by atoms with Crippen molar-refractivity contribution in [3.05, 3.63) is 47.3 Å². The summed E-state index contributed by atoms with van der Waals surface area (Å²) in [6, 6.07) is 4.10. The van der Waals surface area contributed by atoms with E-state index in [2.05, 4.69) is 22.8 Å². The topological polar surface area (TPSA) is 77.2 Å². The summed E-state index contributed by atoms with van der Waals surface area (Å²) >= 11 is 1.13. The number of carboxylic acid groups (broad SMARTS) is 1. The van der Waals surface area contributed by atoms with Crippen LogP contribution < -0.4 is 4.74 Å². The van der Waals surface area contributed by atoms with E-state index in [9.17, 15) is 4.79 Å². The second-order valence-corrected chi connectivity index (χ2v) is 6.37. The highest BCUT2D eigenvalue weighted by atomic mass is 32.2. The van der Waals surface area contributed by atoms with Crippen LogP contribution in [0.3, 0.4) is 0 Å². The molecule has 128 valence electrons. The Morgan fingerprint density at radius 3 is 2.71 bits per heavy atom. The molecule has 2 aromatic rings. The molecule has 0 aliphatic heterocycles. The lowest BCUT2D eigenvalue weighted by atomic mass is 10.1. The first-order valence-corrected chi connectivity index (χ1v) is 8.49. The van der Waals surface area contributed by atoms with Crippen molar-refractivity contribution in [1.82, 2.24) is 14.8 Å². The summed E-state index contributed by atoms with van der Waals surface area (Å²) in [5.41, 5.74) is 3.33. The molecule has 0 amide bonds. The Labute approximate surface area is 145 Å². The maximum absolute atomic E-state index is 10.7. The predicted molar refractivity (Wildman–Crippen MR) is 93.6 cm³/mol. The number of thioether (sulfide) groups is 1. The predicted octanol–water partition coefficient (Wildman–Crippen LogP) is 3.15. The molecule has 1 N–H and O–H groups in total.